The molecule has 5 nitrogen and oxygen atoms in total. The van der Waals surface area contributed by atoms with Gasteiger partial charge in [0, 0.05) is 25.5 Å². The Morgan fingerprint density at radius 1 is 1.13 bits per heavy atom. The van der Waals surface area contributed by atoms with Gasteiger partial charge in [0.1, 0.15) is 5.75 Å². The minimum Gasteiger partial charge on any atom is -0.493 e. The summed E-state index contributed by atoms with van der Waals surface area (Å²) in [4.78, 5) is 19.8. The van der Waals surface area contributed by atoms with Crippen molar-refractivity contribution >= 4 is 16.7 Å². The molecule has 1 aliphatic rings. The predicted molar refractivity (Wildman–Crippen MR) is 120 cm³/mol. The Hall–Kier alpha value is -2.92. The number of ether oxygens (including phenoxy) is 1. The van der Waals surface area contributed by atoms with Gasteiger partial charge in [-0.1, -0.05) is 36.4 Å². The molecule has 0 spiro atoms. The van der Waals surface area contributed by atoms with Crippen LogP contribution in [0.2, 0.25) is 0 Å². The molecule has 156 valence electrons. The van der Waals surface area contributed by atoms with Gasteiger partial charge in [-0.25, -0.2) is 0 Å². The second-order valence-corrected chi connectivity index (χ2v) is 7.88. The second-order valence-electron chi connectivity index (χ2n) is 7.88. The molecule has 1 amide bonds. The van der Waals surface area contributed by atoms with Crippen LogP contribution in [0, 0.1) is 5.92 Å². The van der Waals surface area contributed by atoms with Crippen LogP contribution in [-0.4, -0.2) is 42.0 Å². The average Bonchev–Trinajstić information content (AvgIpc) is 2.79. The van der Waals surface area contributed by atoms with Crippen LogP contribution in [0.25, 0.3) is 10.8 Å². The largest absolute Gasteiger partial charge is 0.493 e. The summed E-state index contributed by atoms with van der Waals surface area (Å²) in [6.45, 7) is 6.22. The third-order valence-corrected chi connectivity index (χ3v) is 5.81. The number of nitrogens with zero attached hydrogens (tertiary/aromatic N) is 2. The molecule has 3 aromatic rings. The maximum Gasteiger partial charge on any atom is 0.255 e. The average molecular weight is 404 g/mol. The maximum atomic E-state index is 13.1. The summed E-state index contributed by atoms with van der Waals surface area (Å²) in [6.07, 6.45) is 5.93. The van der Waals surface area contributed by atoms with Crippen molar-refractivity contribution in [2.75, 3.05) is 26.2 Å². The zero-order valence-electron chi connectivity index (χ0n) is 17.5. The number of likely N-dealkylation sites (tertiary alicyclic amines) is 1. The highest BCUT2D eigenvalue weighted by Gasteiger charge is 2.22. The summed E-state index contributed by atoms with van der Waals surface area (Å²) in [7, 11) is 0. The first-order chi connectivity index (χ1) is 14.7. The fraction of sp³-hybridized carbons (Fsp3) is 0.360. The number of hydrogen-bond donors (Lipinski definition) is 1. The summed E-state index contributed by atoms with van der Waals surface area (Å²) in [5, 5.41) is 5.16. The van der Waals surface area contributed by atoms with Gasteiger partial charge >= 0.3 is 0 Å². The molecule has 0 radical (unpaired) electrons. The van der Waals surface area contributed by atoms with Gasteiger partial charge in [0.15, 0.2) is 0 Å². The molecule has 0 saturated carbocycles. The normalized spacial score (nSPS) is 15.2. The molecule has 30 heavy (non-hydrogen) atoms. The molecule has 5 heteroatoms. The minimum absolute atomic E-state index is 0.0481. The summed E-state index contributed by atoms with van der Waals surface area (Å²) >= 11 is 0. The number of pyridine rings is 1. The van der Waals surface area contributed by atoms with Crippen LogP contribution in [0.1, 0.15) is 35.7 Å². The van der Waals surface area contributed by atoms with Crippen LogP contribution >= 0.6 is 0 Å². The van der Waals surface area contributed by atoms with Crippen LogP contribution in [0.15, 0.2) is 60.9 Å². The lowest BCUT2D eigenvalue weighted by molar-refractivity contribution is 0.0933. The lowest BCUT2D eigenvalue weighted by Gasteiger charge is -2.32. The molecule has 0 unspecified atom stereocenters. The van der Waals surface area contributed by atoms with Gasteiger partial charge < -0.3 is 10.1 Å². The molecule has 4 rings (SSSR count). The van der Waals surface area contributed by atoms with E-state index in [-0.39, 0.29) is 5.91 Å². The Balaban J connectivity index is 1.36. The summed E-state index contributed by atoms with van der Waals surface area (Å²) in [6, 6.07) is 16.0. The van der Waals surface area contributed by atoms with Crippen molar-refractivity contribution in [3.05, 3.63) is 72.1 Å². The van der Waals surface area contributed by atoms with Crippen molar-refractivity contribution in [1.29, 1.82) is 0 Å². The predicted octanol–water partition coefficient (Wildman–Crippen LogP) is 4.28. The molecule has 0 aliphatic carbocycles. The Morgan fingerprint density at radius 2 is 1.97 bits per heavy atom. The van der Waals surface area contributed by atoms with E-state index < -0.39 is 0 Å². The summed E-state index contributed by atoms with van der Waals surface area (Å²) < 4.78 is 5.76. The zero-order chi connectivity index (χ0) is 20.8. The lowest BCUT2D eigenvalue weighted by atomic mass is 9.96. The molecule has 1 N–H and O–H groups in total. The van der Waals surface area contributed by atoms with Gasteiger partial charge in [0.2, 0.25) is 0 Å². The molecule has 1 saturated heterocycles. The number of carbonyl (C=O) groups is 1. The molecule has 0 atom stereocenters. The summed E-state index contributed by atoms with van der Waals surface area (Å²) in [5.41, 5.74) is 1.90. The van der Waals surface area contributed by atoms with Crippen LogP contribution in [0.5, 0.6) is 5.75 Å². The van der Waals surface area contributed by atoms with E-state index in [1.54, 1.807) is 0 Å². The standard InChI is InChI=1S/C25H29N3O2/c1-2-30-23-10-9-21-7-3-4-8-22(21)24(23)25(29)27-17-19-11-14-28(15-12-19)18-20-6-5-13-26-16-20/h3-10,13,16,19H,2,11-12,14-15,17-18H2,1H3,(H,27,29). The van der Waals surface area contributed by atoms with E-state index in [1.807, 2.05) is 61.8 Å². The van der Waals surface area contributed by atoms with Crippen LogP contribution in [0.3, 0.4) is 0 Å². The van der Waals surface area contributed by atoms with E-state index in [2.05, 4.69) is 21.3 Å². The van der Waals surface area contributed by atoms with Crippen LogP contribution < -0.4 is 10.1 Å². The first-order valence-corrected chi connectivity index (χ1v) is 10.8. The minimum atomic E-state index is -0.0481. The third-order valence-electron chi connectivity index (χ3n) is 5.81. The Labute approximate surface area is 178 Å². The summed E-state index contributed by atoms with van der Waals surface area (Å²) in [5.74, 6) is 1.11. The van der Waals surface area contributed by atoms with Gasteiger partial charge in [0.05, 0.1) is 12.2 Å². The van der Waals surface area contributed by atoms with E-state index in [9.17, 15) is 4.79 Å². The van der Waals surface area contributed by atoms with Crippen molar-refractivity contribution in [3.63, 3.8) is 0 Å². The first-order valence-electron chi connectivity index (χ1n) is 10.8. The number of benzene rings is 2. The second kappa shape index (κ2) is 9.72. The van der Waals surface area contributed by atoms with Crippen molar-refractivity contribution < 1.29 is 9.53 Å². The first kappa shape index (κ1) is 20.4. The van der Waals surface area contributed by atoms with Crippen molar-refractivity contribution in [2.45, 2.75) is 26.3 Å². The van der Waals surface area contributed by atoms with Crippen molar-refractivity contribution in [1.82, 2.24) is 15.2 Å². The highest BCUT2D eigenvalue weighted by Crippen LogP contribution is 2.28. The number of amides is 1. The van der Waals surface area contributed by atoms with Gasteiger partial charge in [-0.3, -0.25) is 14.7 Å². The van der Waals surface area contributed by atoms with Gasteiger partial charge in [-0.05, 0) is 67.2 Å². The number of rotatable bonds is 7. The van der Waals surface area contributed by atoms with E-state index in [0.29, 0.717) is 30.4 Å². The van der Waals surface area contributed by atoms with Gasteiger partial charge in [-0.15, -0.1) is 0 Å². The monoisotopic (exact) mass is 403 g/mol. The lowest BCUT2D eigenvalue weighted by Crippen LogP contribution is -2.38. The number of aromatic nitrogens is 1. The molecular formula is C25H29N3O2. The number of fused-ring (bicyclic) bond motifs is 1. The zero-order valence-corrected chi connectivity index (χ0v) is 17.5. The van der Waals surface area contributed by atoms with Gasteiger partial charge in [-0.2, -0.15) is 0 Å². The van der Waals surface area contributed by atoms with Crippen molar-refractivity contribution in [2.24, 2.45) is 5.92 Å². The molecule has 2 heterocycles. The maximum absolute atomic E-state index is 13.1. The number of piperidine rings is 1. The Morgan fingerprint density at radius 3 is 2.73 bits per heavy atom. The number of carbonyl (C=O) groups excluding carboxylic acids is 1. The van der Waals surface area contributed by atoms with E-state index >= 15 is 0 Å². The molecule has 1 aliphatic heterocycles. The number of hydrogen-bond acceptors (Lipinski definition) is 4. The van der Waals surface area contributed by atoms with Crippen LogP contribution in [0.4, 0.5) is 0 Å². The fourth-order valence-electron chi connectivity index (χ4n) is 4.19. The van der Waals surface area contributed by atoms with E-state index in [1.165, 1.54) is 5.56 Å². The number of nitrogens with one attached hydrogen (secondary N) is 1. The highest BCUT2D eigenvalue weighted by atomic mass is 16.5. The third kappa shape index (κ3) is 4.79. The molecule has 0 bridgehead atoms. The van der Waals surface area contributed by atoms with Crippen LogP contribution in [-0.2, 0) is 6.54 Å². The smallest absolute Gasteiger partial charge is 0.255 e. The molecule has 2 aromatic carbocycles. The van der Waals surface area contributed by atoms with Crippen molar-refractivity contribution in [3.8, 4) is 5.75 Å². The Kier molecular flexibility index (Phi) is 6.60. The van der Waals surface area contributed by atoms with Gasteiger partial charge in [0.25, 0.3) is 5.91 Å². The van der Waals surface area contributed by atoms with E-state index in [4.69, 9.17) is 4.74 Å². The van der Waals surface area contributed by atoms with E-state index in [0.717, 1.165) is 43.2 Å². The topological polar surface area (TPSA) is 54.5 Å². The quantitative estimate of drug-likeness (QED) is 0.640. The fourth-order valence-corrected chi connectivity index (χ4v) is 4.19. The highest BCUT2D eigenvalue weighted by molar-refractivity contribution is 6.09. The Bertz CT molecular complexity index is 982. The molecular weight excluding hydrogens is 374 g/mol. The molecule has 1 fully saturated rings. The molecule has 1 aromatic heterocycles. The SMILES string of the molecule is CCOc1ccc2ccccc2c1C(=O)NCC1CCN(Cc2cccnc2)CC1.